The van der Waals surface area contributed by atoms with Gasteiger partial charge in [-0.2, -0.15) is 13.2 Å². The normalized spacial score (nSPS) is 16.7. The highest BCUT2D eigenvalue weighted by Crippen LogP contribution is 2.36. The number of hydrogen-bond donors (Lipinski definition) is 2. The minimum absolute atomic E-state index is 0.000730. The molecule has 6 heteroatoms. The van der Waals surface area contributed by atoms with E-state index < -0.39 is 11.7 Å². The van der Waals surface area contributed by atoms with Gasteiger partial charge in [0.15, 0.2) is 0 Å². The summed E-state index contributed by atoms with van der Waals surface area (Å²) in [4.78, 5) is 12.3. The van der Waals surface area contributed by atoms with Gasteiger partial charge in [0.05, 0.1) is 11.6 Å². The van der Waals surface area contributed by atoms with Crippen LogP contribution >= 0.6 is 0 Å². The summed E-state index contributed by atoms with van der Waals surface area (Å²) in [7, 11) is 0. The molecule has 0 saturated heterocycles. The number of halogens is 3. The van der Waals surface area contributed by atoms with E-state index in [1.54, 1.807) is 0 Å². The maximum Gasteiger partial charge on any atom is 0.416 e. The average molecular weight is 419 g/mol. The molecule has 1 aliphatic carbocycles. The lowest BCUT2D eigenvalue weighted by atomic mass is 9.85. The van der Waals surface area contributed by atoms with E-state index in [-0.39, 0.29) is 17.4 Å². The number of carbonyl (C=O) groups excluding carboxylic acids is 1. The number of hydrogen-bond acceptors (Lipinski definition) is 2. The van der Waals surface area contributed by atoms with E-state index in [4.69, 9.17) is 0 Å². The fraction of sp³-hybridized carbons (Fsp3) is 0.458. The summed E-state index contributed by atoms with van der Waals surface area (Å²) >= 11 is 0. The van der Waals surface area contributed by atoms with Gasteiger partial charge in [-0.25, -0.2) is 0 Å². The van der Waals surface area contributed by atoms with E-state index in [1.165, 1.54) is 17.7 Å². The third-order valence-corrected chi connectivity index (χ3v) is 5.32. The predicted octanol–water partition coefficient (Wildman–Crippen LogP) is 6.88. The Bertz CT molecular complexity index is 912. The van der Waals surface area contributed by atoms with Gasteiger partial charge < -0.3 is 10.6 Å². The lowest BCUT2D eigenvalue weighted by molar-refractivity contribution is -0.137. The van der Waals surface area contributed by atoms with Crippen molar-refractivity contribution in [3.05, 3.63) is 58.7 Å². The second-order valence-corrected chi connectivity index (χ2v) is 9.32. The van der Waals surface area contributed by atoms with Crippen LogP contribution in [0.1, 0.15) is 68.3 Å². The summed E-state index contributed by atoms with van der Waals surface area (Å²) < 4.78 is 38.4. The van der Waals surface area contributed by atoms with Crippen LogP contribution in [0, 0.1) is 12.3 Å². The van der Waals surface area contributed by atoms with Crippen molar-refractivity contribution in [2.45, 2.75) is 65.6 Å². The average Bonchev–Trinajstić information content (AvgIpc) is 2.61. The van der Waals surface area contributed by atoms with Crippen LogP contribution in [0.4, 0.5) is 24.5 Å². The Balaban J connectivity index is 1.77. The molecule has 0 heterocycles. The summed E-state index contributed by atoms with van der Waals surface area (Å²) in [6.45, 7) is 8.06. The zero-order chi connectivity index (χ0) is 22.1. The maximum atomic E-state index is 12.8. The molecule has 0 fully saturated rings. The molecule has 30 heavy (non-hydrogen) atoms. The van der Waals surface area contributed by atoms with Gasteiger partial charge in [0.1, 0.15) is 0 Å². The Kier molecular flexibility index (Phi) is 6.16. The first-order valence-corrected chi connectivity index (χ1v) is 10.3. The second-order valence-electron chi connectivity index (χ2n) is 9.32. The number of nitrogens with one attached hydrogen (secondary N) is 2. The molecule has 0 aliphatic heterocycles. The molecule has 0 spiro atoms. The molecule has 1 amide bonds. The highest BCUT2D eigenvalue weighted by Gasteiger charge is 2.30. The summed E-state index contributed by atoms with van der Waals surface area (Å²) in [5.74, 6) is 0.000730. The summed E-state index contributed by atoms with van der Waals surface area (Å²) in [5, 5.41) is 6.42. The molecule has 3 rings (SSSR count). The minimum atomic E-state index is -4.33. The quantitative estimate of drug-likeness (QED) is 0.568. The van der Waals surface area contributed by atoms with Gasteiger partial charge in [0, 0.05) is 17.8 Å². The fourth-order valence-electron chi connectivity index (χ4n) is 3.89. The monoisotopic (exact) mass is 418 g/mol. The number of alkyl halides is 3. The standard InChI is InChI=1S/C24H29F3N2O/c1-15-12-19-16(13-21(15)29-22(30)14-23(2,3)4)6-5-7-20(19)28-18-10-8-17(9-11-18)24(25,26)27/h8-13,20,28H,5-7,14H2,1-4H3,(H,29,30). The number of fused-ring (bicyclic) bond motifs is 1. The number of benzene rings is 2. The molecular formula is C24H29F3N2O. The van der Waals surface area contributed by atoms with Crippen LogP contribution in [0.5, 0.6) is 0 Å². The molecule has 162 valence electrons. The molecular weight excluding hydrogens is 389 g/mol. The van der Waals surface area contributed by atoms with Gasteiger partial charge >= 0.3 is 6.18 Å². The van der Waals surface area contributed by atoms with Crippen LogP contribution in [0.3, 0.4) is 0 Å². The van der Waals surface area contributed by atoms with Crippen LogP contribution < -0.4 is 10.6 Å². The van der Waals surface area contributed by atoms with E-state index in [2.05, 4.69) is 16.7 Å². The van der Waals surface area contributed by atoms with Crippen molar-refractivity contribution in [1.82, 2.24) is 0 Å². The largest absolute Gasteiger partial charge is 0.416 e. The van der Waals surface area contributed by atoms with E-state index in [1.807, 2.05) is 33.8 Å². The Morgan fingerprint density at radius 2 is 1.77 bits per heavy atom. The van der Waals surface area contributed by atoms with Crippen molar-refractivity contribution in [3.63, 3.8) is 0 Å². The van der Waals surface area contributed by atoms with Crippen molar-refractivity contribution in [2.75, 3.05) is 10.6 Å². The molecule has 0 radical (unpaired) electrons. The number of anilines is 2. The minimum Gasteiger partial charge on any atom is -0.378 e. The highest BCUT2D eigenvalue weighted by molar-refractivity contribution is 5.92. The zero-order valence-electron chi connectivity index (χ0n) is 17.9. The van der Waals surface area contributed by atoms with Crippen molar-refractivity contribution in [3.8, 4) is 0 Å². The first-order chi connectivity index (χ1) is 13.9. The van der Waals surface area contributed by atoms with E-state index in [0.717, 1.165) is 48.2 Å². The van der Waals surface area contributed by atoms with Gasteiger partial charge in [0.2, 0.25) is 5.91 Å². The maximum absolute atomic E-state index is 12.8. The Hall–Kier alpha value is -2.50. The molecule has 0 saturated carbocycles. The molecule has 0 bridgehead atoms. The zero-order valence-corrected chi connectivity index (χ0v) is 17.9. The summed E-state index contributed by atoms with van der Waals surface area (Å²) in [6, 6.07) is 9.32. The first-order valence-electron chi connectivity index (χ1n) is 10.3. The number of aryl methyl sites for hydroxylation is 2. The van der Waals surface area contributed by atoms with Gasteiger partial charge in [-0.3, -0.25) is 4.79 Å². The predicted molar refractivity (Wildman–Crippen MR) is 115 cm³/mol. The number of amides is 1. The van der Waals surface area contributed by atoms with Crippen LogP contribution in [-0.2, 0) is 17.4 Å². The number of rotatable bonds is 4. The molecule has 0 aromatic heterocycles. The fourth-order valence-corrected chi connectivity index (χ4v) is 3.89. The summed E-state index contributed by atoms with van der Waals surface area (Å²) in [5.41, 5.74) is 4.07. The van der Waals surface area contributed by atoms with Gasteiger partial charge in [-0.05, 0) is 78.6 Å². The molecule has 2 aromatic carbocycles. The van der Waals surface area contributed by atoms with Crippen molar-refractivity contribution in [2.24, 2.45) is 5.41 Å². The van der Waals surface area contributed by atoms with E-state index in [9.17, 15) is 18.0 Å². The SMILES string of the molecule is Cc1cc2c(cc1NC(=O)CC(C)(C)C)CCCC2Nc1ccc(C(F)(F)F)cc1. The van der Waals surface area contributed by atoms with Crippen molar-refractivity contribution < 1.29 is 18.0 Å². The lowest BCUT2D eigenvalue weighted by Crippen LogP contribution is -2.21. The smallest absolute Gasteiger partial charge is 0.378 e. The van der Waals surface area contributed by atoms with Gasteiger partial charge in [-0.15, -0.1) is 0 Å². The van der Waals surface area contributed by atoms with Crippen molar-refractivity contribution in [1.29, 1.82) is 0 Å². The number of carbonyl (C=O) groups is 1. The second kappa shape index (κ2) is 8.32. The van der Waals surface area contributed by atoms with Gasteiger partial charge in [-0.1, -0.05) is 26.8 Å². The van der Waals surface area contributed by atoms with Crippen LogP contribution in [-0.4, -0.2) is 5.91 Å². The summed E-state index contributed by atoms with van der Waals surface area (Å²) in [6.07, 6.45) is -1.08. The Labute approximate surface area is 176 Å². The highest BCUT2D eigenvalue weighted by atomic mass is 19.4. The molecule has 3 nitrogen and oxygen atoms in total. The van der Waals surface area contributed by atoms with E-state index in [0.29, 0.717) is 12.1 Å². The molecule has 1 atom stereocenters. The third kappa shape index (κ3) is 5.55. The Morgan fingerprint density at radius 1 is 1.10 bits per heavy atom. The van der Waals surface area contributed by atoms with Crippen LogP contribution in [0.15, 0.2) is 36.4 Å². The molecule has 2 aromatic rings. The molecule has 2 N–H and O–H groups in total. The Morgan fingerprint density at radius 3 is 2.37 bits per heavy atom. The first kappa shape index (κ1) is 22.2. The third-order valence-electron chi connectivity index (χ3n) is 5.32. The van der Waals surface area contributed by atoms with E-state index >= 15 is 0 Å². The van der Waals surface area contributed by atoms with Crippen LogP contribution in [0.25, 0.3) is 0 Å². The lowest BCUT2D eigenvalue weighted by Gasteiger charge is -2.29. The van der Waals surface area contributed by atoms with Gasteiger partial charge in [0.25, 0.3) is 0 Å². The molecule has 1 unspecified atom stereocenters. The molecule has 1 aliphatic rings. The van der Waals surface area contributed by atoms with Crippen LogP contribution in [0.2, 0.25) is 0 Å². The van der Waals surface area contributed by atoms with Crippen molar-refractivity contribution >= 4 is 17.3 Å². The topological polar surface area (TPSA) is 41.1 Å².